The lowest BCUT2D eigenvalue weighted by molar-refractivity contribution is -0.138. The molecule has 0 saturated carbocycles. The second kappa shape index (κ2) is 4.66. The van der Waals surface area contributed by atoms with E-state index in [4.69, 9.17) is 4.74 Å². The molecule has 1 N–H and O–H groups in total. The van der Waals surface area contributed by atoms with Crippen LogP contribution >= 0.6 is 0 Å². The molecule has 0 spiro atoms. The smallest absolute Gasteiger partial charge is 0.372 e. The fourth-order valence-electron chi connectivity index (χ4n) is 2.20. The van der Waals surface area contributed by atoms with Crippen molar-refractivity contribution in [2.75, 3.05) is 20.2 Å². The zero-order valence-corrected chi connectivity index (χ0v) is 9.47. The molecule has 0 saturated heterocycles. The lowest BCUT2D eigenvalue weighted by Crippen LogP contribution is -2.27. The minimum atomic E-state index is -4.28. The number of benzene rings is 1. The molecule has 1 aliphatic rings. The predicted molar refractivity (Wildman–Crippen MR) is 57.8 cm³/mol. The molecule has 0 radical (unpaired) electrons. The van der Waals surface area contributed by atoms with Crippen LogP contribution in [-0.4, -0.2) is 20.2 Å². The van der Waals surface area contributed by atoms with E-state index >= 15 is 0 Å². The van der Waals surface area contributed by atoms with Crippen LogP contribution in [0.4, 0.5) is 13.2 Å². The van der Waals surface area contributed by atoms with E-state index in [1.54, 1.807) is 13.1 Å². The van der Waals surface area contributed by atoms with E-state index in [1.165, 1.54) is 6.07 Å². The highest BCUT2D eigenvalue weighted by molar-refractivity contribution is 5.40. The maximum Gasteiger partial charge on any atom is 0.416 e. The Morgan fingerprint density at radius 1 is 1.41 bits per heavy atom. The van der Waals surface area contributed by atoms with E-state index in [0.717, 1.165) is 6.07 Å². The van der Waals surface area contributed by atoms with Gasteiger partial charge in [0.15, 0.2) is 0 Å². The van der Waals surface area contributed by atoms with Gasteiger partial charge in [0.05, 0.1) is 18.3 Å². The molecule has 1 aromatic carbocycles. The third-order valence-electron chi connectivity index (χ3n) is 2.93. The average molecular weight is 245 g/mol. The molecule has 1 heterocycles. The second-order valence-electron chi connectivity index (χ2n) is 4.04. The normalized spacial score (nSPS) is 20.1. The Hall–Kier alpha value is -1.07. The van der Waals surface area contributed by atoms with Crippen molar-refractivity contribution in [2.45, 2.75) is 18.7 Å². The van der Waals surface area contributed by atoms with E-state index < -0.39 is 11.7 Å². The molecule has 5 heteroatoms. The number of halogens is 3. The Morgan fingerprint density at radius 2 is 2.18 bits per heavy atom. The molecular formula is C12H14F3NO. The molecule has 0 aromatic heterocycles. The Morgan fingerprint density at radius 3 is 2.82 bits per heavy atom. The quantitative estimate of drug-likeness (QED) is 0.864. The van der Waals surface area contributed by atoms with Crippen molar-refractivity contribution < 1.29 is 17.9 Å². The molecule has 94 valence electrons. The van der Waals surface area contributed by atoms with Gasteiger partial charge in [-0.05, 0) is 30.7 Å². The summed E-state index contributed by atoms with van der Waals surface area (Å²) in [6.07, 6.45) is -4.25. The number of hydrogen-bond donors (Lipinski definition) is 1. The monoisotopic (exact) mass is 245 g/mol. The molecule has 1 aliphatic heterocycles. The first-order valence-electron chi connectivity index (χ1n) is 5.49. The van der Waals surface area contributed by atoms with Crippen molar-refractivity contribution in [1.82, 2.24) is 5.32 Å². The van der Waals surface area contributed by atoms with Crippen LogP contribution in [0.25, 0.3) is 0 Å². The van der Waals surface area contributed by atoms with E-state index in [2.05, 4.69) is 5.32 Å². The highest BCUT2D eigenvalue weighted by atomic mass is 19.4. The summed E-state index contributed by atoms with van der Waals surface area (Å²) in [6.45, 7) is 0.862. The van der Waals surface area contributed by atoms with Gasteiger partial charge < -0.3 is 10.1 Å². The molecule has 2 rings (SSSR count). The van der Waals surface area contributed by atoms with Crippen LogP contribution in [0.3, 0.4) is 0 Å². The van der Waals surface area contributed by atoms with Crippen molar-refractivity contribution in [3.63, 3.8) is 0 Å². The lowest BCUT2D eigenvalue weighted by Gasteiger charge is -2.28. The van der Waals surface area contributed by atoms with Gasteiger partial charge in [-0.3, -0.25) is 0 Å². The molecule has 17 heavy (non-hydrogen) atoms. The number of alkyl halides is 3. The van der Waals surface area contributed by atoms with Crippen molar-refractivity contribution in [3.8, 4) is 0 Å². The molecule has 0 amide bonds. The molecule has 0 fully saturated rings. The highest BCUT2D eigenvalue weighted by Crippen LogP contribution is 2.37. The van der Waals surface area contributed by atoms with Crippen LogP contribution in [0.1, 0.15) is 22.8 Å². The van der Waals surface area contributed by atoms with Gasteiger partial charge in [-0.25, -0.2) is 0 Å². The summed E-state index contributed by atoms with van der Waals surface area (Å²) in [5.41, 5.74) is 0.506. The lowest BCUT2D eigenvalue weighted by atomic mass is 9.92. The van der Waals surface area contributed by atoms with E-state index in [1.807, 2.05) is 0 Å². The minimum absolute atomic E-state index is 0.286. The van der Waals surface area contributed by atoms with Crippen LogP contribution in [-0.2, 0) is 17.3 Å². The number of likely N-dealkylation sites (N-methyl/N-ethyl adjacent to an activating group) is 1. The Labute approximate surface area is 97.8 Å². The summed E-state index contributed by atoms with van der Waals surface area (Å²) in [5, 5.41) is 2.93. The van der Waals surface area contributed by atoms with Crippen molar-refractivity contribution in [1.29, 1.82) is 0 Å². The maximum atomic E-state index is 12.8. The van der Waals surface area contributed by atoms with Crippen LogP contribution < -0.4 is 5.32 Å². The first kappa shape index (κ1) is 12.4. The van der Waals surface area contributed by atoms with Crippen LogP contribution in [0.5, 0.6) is 0 Å². The first-order valence-corrected chi connectivity index (χ1v) is 5.49. The van der Waals surface area contributed by atoms with Gasteiger partial charge >= 0.3 is 6.18 Å². The highest BCUT2D eigenvalue weighted by Gasteiger charge is 2.36. The number of fused-ring (bicyclic) bond motifs is 1. The van der Waals surface area contributed by atoms with Crippen LogP contribution in [0, 0.1) is 0 Å². The molecule has 0 aliphatic carbocycles. The Balaban J connectivity index is 2.44. The average Bonchev–Trinajstić information content (AvgIpc) is 2.28. The van der Waals surface area contributed by atoms with Gasteiger partial charge in [0, 0.05) is 6.54 Å². The van der Waals surface area contributed by atoms with Crippen LogP contribution in [0.15, 0.2) is 18.2 Å². The maximum absolute atomic E-state index is 12.8. The summed E-state index contributed by atoms with van der Waals surface area (Å²) >= 11 is 0. The van der Waals surface area contributed by atoms with E-state index in [-0.39, 0.29) is 6.10 Å². The van der Waals surface area contributed by atoms with Crippen molar-refractivity contribution in [2.24, 2.45) is 0 Å². The SMILES string of the molecule is CNC[C@@H]1OCCc2c1cccc2C(F)(F)F. The zero-order valence-electron chi connectivity index (χ0n) is 9.47. The van der Waals surface area contributed by atoms with Crippen LogP contribution in [0.2, 0.25) is 0 Å². The van der Waals surface area contributed by atoms with E-state index in [0.29, 0.717) is 30.7 Å². The van der Waals surface area contributed by atoms with Crippen molar-refractivity contribution >= 4 is 0 Å². The molecule has 0 bridgehead atoms. The molecule has 1 atom stereocenters. The largest absolute Gasteiger partial charge is 0.416 e. The molecule has 2 nitrogen and oxygen atoms in total. The van der Waals surface area contributed by atoms with Gasteiger partial charge in [0.2, 0.25) is 0 Å². The van der Waals surface area contributed by atoms with E-state index in [9.17, 15) is 13.2 Å². The van der Waals surface area contributed by atoms with Gasteiger partial charge in [-0.2, -0.15) is 13.2 Å². The number of rotatable bonds is 2. The van der Waals surface area contributed by atoms with Gasteiger partial charge in [-0.1, -0.05) is 12.1 Å². The number of nitrogens with one attached hydrogen (secondary N) is 1. The Kier molecular flexibility index (Phi) is 3.40. The third-order valence-corrected chi connectivity index (χ3v) is 2.93. The summed E-state index contributed by atoms with van der Waals surface area (Å²) in [7, 11) is 1.76. The zero-order chi connectivity index (χ0) is 12.5. The summed E-state index contributed by atoms with van der Waals surface area (Å²) < 4.78 is 44.0. The summed E-state index contributed by atoms with van der Waals surface area (Å²) in [5.74, 6) is 0. The molecular weight excluding hydrogens is 231 g/mol. The second-order valence-corrected chi connectivity index (χ2v) is 4.04. The van der Waals surface area contributed by atoms with Gasteiger partial charge in [0.25, 0.3) is 0 Å². The minimum Gasteiger partial charge on any atom is -0.372 e. The molecule has 0 unspecified atom stereocenters. The predicted octanol–water partition coefficient (Wildman–Crippen LogP) is 2.54. The third kappa shape index (κ3) is 2.45. The molecule has 1 aromatic rings. The fourth-order valence-corrected chi connectivity index (χ4v) is 2.20. The number of hydrogen-bond acceptors (Lipinski definition) is 2. The van der Waals surface area contributed by atoms with Crippen molar-refractivity contribution in [3.05, 3.63) is 34.9 Å². The number of ether oxygens (including phenoxy) is 1. The van der Waals surface area contributed by atoms with Gasteiger partial charge in [0.1, 0.15) is 0 Å². The summed E-state index contributed by atoms with van der Waals surface area (Å²) in [4.78, 5) is 0. The summed E-state index contributed by atoms with van der Waals surface area (Å²) in [6, 6.07) is 4.30. The fraction of sp³-hybridized carbons (Fsp3) is 0.500. The standard InChI is InChI=1S/C12H14F3NO/c1-16-7-11-9-3-2-4-10(12(13,14)15)8(9)5-6-17-11/h2-4,11,16H,5-7H2,1H3/t11-/m0/s1. The Bertz CT molecular complexity index is 403. The van der Waals surface area contributed by atoms with Gasteiger partial charge in [-0.15, -0.1) is 0 Å². The topological polar surface area (TPSA) is 21.3 Å². The first-order chi connectivity index (χ1) is 8.04.